The summed E-state index contributed by atoms with van der Waals surface area (Å²) in [4.78, 5) is 11.7. The topological polar surface area (TPSA) is 72.9 Å². The van der Waals surface area contributed by atoms with E-state index in [0.29, 0.717) is 11.5 Å². The Balaban J connectivity index is 1.98. The van der Waals surface area contributed by atoms with Crippen LogP contribution in [0.1, 0.15) is 5.56 Å². The second-order valence-electron chi connectivity index (χ2n) is 3.95. The van der Waals surface area contributed by atoms with Gasteiger partial charge in [-0.05, 0) is 31.2 Å². The zero-order valence-electron chi connectivity index (χ0n) is 9.85. The molecule has 0 fully saturated rings. The third kappa shape index (κ3) is 2.85. The summed E-state index contributed by atoms with van der Waals surface area (Å²) in [5, 5.41) is 6.62. The minimum Gasteiger partial charge on any atom is -0.382 e. The Morgan fingerprint density at radius 2 is 2.11 bits per heavy atom. The zero-order valence-corrected chi connectivity index (χ0v) is 9.85. The number of aryl methyl sites for hydroxylation is 1. The van der Waals surface area contributed by atoms with Gasteiger partial charge >= 0.3 is 0 Å². The molecule has 0 aliphatic heterocycles. The maximum absolute atomic E-state index is 12.7. The molecule has 6 heteroatoms. The van der Waals surface area contributed by atoms with E-state index >= 15 is 0 Å². The number of hydrogen-bond donors (Lipinski definition) is 2. The first-order chi connectivity index (χ1) is 8.54. The van der Waals surface area contributed by atoms with Gasteiger partial charge in [0.05, 0.1) is 0 Å². The highest BCUT2D eigenvalue weighted by Crippen LogP contribution is 2.09. The van der Waals surface area contributed by atoms with Crippen molar-refractivity contribution in [1.82, 2.24) is 9.78 Å². The first-order valence-corrected chi connectivity index (χ1v) is 5.39. The Hall–Kier alpha value is -2.37. The molecule has 94 valence electrons. The highest BCUT2D eigenvalue weighted by atomic mass is 19.1. The molecular formula is C12H13FN4O. The van der Waals surface area contributed by atoms with Gasteiger partial charge in [0, 0.05) is 17.4 Å². The van der Waals surface area contributed by atoms with Crippen LogP contribution in [0.2, 0.25) is 0 Å². The lowest BCUT2D eigenvalue weighted by Crippen LogP contribution is -2.19. The predicted octanol–water partition coefficient (Wildman–Crippen LogP) is 1.55. The fraction of sp³-hybridized carbons (Fsp3) is 0.167. The summed E-state index contributed by atoms with van der Waals surface area (Å²) in [6, 6.07) is 5.56. The number of benzene rings is 1. The van der Waals surface area contributed by atoms with E-state index in [2.05, 4.69) is 10.4 Å². The van der Waals surface area contributed by atoms with Crippen molar-refractivity contribution in [2.45, 2.75) is 13.5 Å². The molecule has 18 heavy (non-hydrogen) atoms. The highest BCUT2D eigenvalue weighted by molar-refractivity contribution is 5.90. The van der Waals surface area contributed by atoms with Crippen LogP contribution in [0.4, 0.5) is 15.9 Å². The number of carbonyl (C=O) groups excluding carboxylic acids is 1. The van der Waals surface area contributed by atoms with Crippen LogP contribution in [0.5, 0.6) is 0 Å². The van der Waals surface area contributed by atoms with E-state index in [1.54, 1.807) is 6.20 Å². The fourth-order valence-electron chi connectivity index (χ4n) is 1.50. The first-order valence-electron chi connectivity index (χ1n) is 5.39. The van der Waals surface area contributed by atoms with Gasteiger partial charge in [-0.15, -0.1) is 0 Å². The number of amides is 1. The fourth-order valence-corrected chi connectivity index (χ4v) is 1.50. The van der Waals surface area contributed by atoms with E-state index in [1.807, 2.05) is 6.92 Å². The second kappa shape index (κ2) is 4.87. The van der Waals surface area contributed by atoms with Gasteiger partial charge < -0.3 is 11.1 Å². The molecule has 2 aromatic rings. The second-order valence-corrected chi connectivity index (χ2v) is 3.95. The predicted molar refractivity (Wildman–Crippen MR) is 66.4 cm³/mol. The molecule has 0 saturated heterocycles. The normalized spacial score (nSPS) is 10.3. The van der Waals surface area contributed by atoms with E-state index in [1.165, 1.54) is 28.9 Å². The van der Waals surface area contributed by atoms with Crippen LogP contribution in [-0.2, 0) is 11.3 Å². The van der Waals surface area contributed by atoms with Crippen molar-refractivity contribution in [1.29, 1.82) is 0 Å². The maximum atomic E-state index is 12.7. The van der Waals surface area contributed by atoms with Crippen LogP contribution < -0.4 is 11.1 Å². The first kappa shape index (κ1) is 12.1. The Bertz CT molecular complexity index is 542. The number of hydrogen-bond acceptors (Lipinski definition) is 3. The number of anilines is 2. The number of nitrogens with zero attached hydrogens (tertiary/aromatic N) is 2. The molecule has 2 rings (SSSR count). The molecule has 5 nitrogen and oxygen atoms in total. The number of carbonyl (C=O) groups is 1. The minimum absolute atomic E-state index is 0.0649. The maximum Gasteiger partial charge on any atom is 0.246 e. The molecule has 0 atom stereocenters. The monoisotopic (exact) mass is 248 g/mol. The summed E-state index contributed by atoms with van der Waals surface area (Å²) in [5.41, 5.74) is 6.94. The minimum atomic E-state index is -0.344. The van der Waals surface area contributed by atoms with Crippen molar-refractivity contribution in [3.63, 3.8) is 0 Å². The number of aromatic nitrogens is 2. The standard InChI is InChI=1S/C12H13FN4O/c1-8-6-17(16-12(8)14)7-11(18)15-10-4-2-9(13)3-5-10/h2-6H,7H2,1H3,(H2,14,16)(H,15,18). The van der Waals surface area contributed by atoms with Crippen LogP contribution in [0, 0.1) is 12.7 Å². The SMILES string of the molecule is Cc1cn(CC(=O)Nc2ccc(F)cc2)nc1N. The molecule has 0 aliphatic rings. The van der Waals surface area contributed by atoms with Crippen molar-refractivity contribution >= 4 is 17.4 Å². The molecule has 0 saturated carbocycles. The largest absolute Gasteiger partial charge is 0.382 e. The molecule has 3 N–H and O–H groups in total. The lowest BCUT2D eigenvalue weighted by Gasteiger charge is -2.04. The molecular weight excluding hydrogens is 235 g/mol. The molecule has 1 heterocycles. The molecule has 0 radical (unpaired) electrons. The summed E-state index contributed by atoms with van der Waals surface area (Å²) in [6.45, 7) is 1.88. The van der Waals surface area contributed by atoms with Crippen molar-refractivity contribution in [3.05, 3.63) is 41.8 Å². The Morgan fingerprint density at radius 1 is 1.44 bits per heavy atom. The Kier molecular flexibility index (Phi) is 3.27. The molecule has 0 aliphatic carbocycles. The Morgan fingerprint density at radius 3 is 2.67 bits per heavy atom. The summed E-state index contributed by atoms with van der Waals surface area (Å²) in [7, 11) is 0. The van der Waals surface area contributed by atoms with Gasteiger partial charge in [-0.25, -0.2) is 4.39 Å². The molecule has 1 amide bonds. The van der Waals surface area contributed by atoms with Gasteiger partial charge in [0.25, 0.3) is 0 Å². The van der Waals surface area contributed by atoms with Crippen molar-refractivity contribution in [3.8, 4) is 0 Å². The average Bonchev–Trinajstić information content (AvgIpc) is 2.61. The van der Waals surface area contributed by atoms with Gasteiger partial charge in [0.1, 0.15) is 18.2 Å². The van der Waals surface area contributed by atoms with E-state index in [0.717, 1.165) is 5.56 Å². The van der Waals surface area contributed by atoms with Crippen LogP contribution >= 0.6 is 0 Å². The zero-order chi connectivity index (χ0) is 13.1. The summed E-state index contributed by atoms with van der Waals surface area (Å²) >= 11 is 0. The number of nitrogen functional groups attached to an aromatic ring is 1. The van der Waals surface area contributed by atoms with Crippen LogP contribution in [-0.4, -0.2) is 15.7 Å². The number of nitrogens with one attached hydrogen (secondary N) is 1. The lowest BCUT2D eigenvalue weighted by atomic mass is 10.3. The van der Waals surface area contributed by atoms with Gasteiger partial charge in [0.2, 0.25) is 5.91 Å². The van der Waals surface area contributed by atoms with Gasteiger partial charge in [-0.2, -0.15) is 5.10 Å². The van der Waals surface area contributed by atoms with E-state index in [-0.39, 0.29) is 18.3 Å². The van der Waals surface area contributed by atoms with Gasteiger partial charge in [0.15, 0.2) is 0 Å². The van der Waals surface area contributed by atoms with E-state index in [9.17, 15) is 9.18 Å². The average molecular weight is 248 g/mol. The van der Waals surface area contributed by atoms with E-state index < -0.39 is 0 Å². The smallest absolute Gasteiger partial charge is 0.246 e. The van der Waals surface area contributed by atoms with Crippen LogP contribution in [0.25, 0.3) is 0 Å². The van der Waals surface area contributed by atoms with Crippen molar-refractivity contribution in [2.75, 3.05) is 11.1 Å². The number of halogens is 1. The van der Waals surface area contributed by atoms with Crippen molar-refractivity contribution < 1.29 is 9.18 Å². The third-order valence-corrected chi connectivity index (χ3v) is 2.42. The molecule has 0 unspecified atom stereocenters. The quantitative estimate of drug-likeness (QED) is 0.865. The van der Waals surface area contributed by atoms with Crippen LogP contribution in [0.15, 0.2) is 30.5 Å². The number of nitrogens with two attached hydrogens (primary N) is 1. The van der Waals surface area contributed by atoms with Gasteiger partial charge in [-0.1, -0.05) is 0 Å². The summed E-state index contributed by atoms with van der Waals surface area (Å²) < 4.78 is 14.1. The summed E-state index contributed by atoms with van der Waals surface area (Å²) in [5.74, 6) is -0.183. The lowest BCUT2D eigenvalue weighted by molar-refractivity contribution is -0.116. The Labute approximate surface area is 103 Å². The third-order valence-electron chi connectivity index (χ3n) is 2.42. The molecule has 0 bridgehead atoms. The molecule has 0 spiro atoms. The highest BCUT2D eigenvalue weighted by Gasteiger charge is 2.06. The number of rotatable bonds is 3. The molecule has 1 aromatic carbocycles. The molecule has 1 aromatic heterocycles. The van der Waals surface area contributed by atoms with E-state index in [4.69, 9.17) is 5.73 Å². The van der Waals surface area contributed by atoms with Crippen molar-refractivity contribution in [2.24, 2.45) is 0 Å². The van der Waals surface area contributed by atoms with Crippen LogP contribution in [0.3, 0.4) is 0 Å². The van der Waals surface area contributed by atoms with Gasteiger partial charge in [-0.3, -0.25) is 9.48 Å². The summed E-state index contributed by atoms with van der Waals surface area (Å²) in [6.07, 6.45) is 1.69.